The van der Waals surface area contributed by atoms with Crippen LogP contribution >= 0.6 is 0 Å². The van der Waals surface area contributed by atoms with E-state index in [0.717, 1.165) is 6.42 Å². The van der Waals surface area contributed by atoms with Crippen molar-refractivity contribution in [3.05, 3.63) is 65.2 Å². The van der Waals surface area contributed by atoms with Crippen molar-refractivity contribution in [1.82, 2.24) is 0 Å². The number of carbonyl (C=O) groups excluding carboxylic acids is 1. The highest BCUT2D eigenvalue weighted by atomic mass is 16.7. The van der Waals surface area contributed by atoms with Crippen molar-refractivity contribution in [2.24, 2.45) is 5.92 Å². The monoisotopic (exact) mass is 326 g/mol. The number of benzene rings is 2. The van der Waals surface area contributed by atoms with Crippen LogP contribution in [0.15, 0.2) is 48.5 Å². The van der Waals surface area contributed by atoms with E-state index in [0.29, 0.717) is 29.2 Å². The lowest BCUT2D eigenvalue weighted by molar-refractivity contribution is -0.227. The first-order valence-corrected chi connectivity index (χ1v) is 8.26. The highest BCUT2D eigenvalue weighted by Crippen LogP contribution is 2.34. The molecule has 2 atom stereocenters. The number of ketones is 1. The van der Waals surface area contributed by atoms with Crippen LogP contribution in [0.1, 0.15) is 48.0 Å². The van der Waals surface area contributed by atoms with Crippen LogP contribution in [-0.4, -0.2) is 23.6 Å². The van der Waals surface area contributed by atoms with Crippen LogP contribution in [0.5, 0.6) is 5.75 Å². The number of carbonyl (C=O) groups is 1. The van der Waals surface area contributed by atoms with Gasteiger partial charge in [-0.05, 0) is 30.5 Å². The zero-order valence-electron chi connectivity index (χ0n) is 13.9. The molecule has 0 saturated carbocycles. The molecule has 0 radical (unpaired) electrons. The quantitative estimate of drug-likeness (QED) is 0.860. The molecule has 0 bridgehead atoms. The summed E-state index contributed by atoms with van der Waals surface area (Å²) in [4.78, 5) is 12.6. The maximum atomic E-state index is 12.6. The van der Waals surface area contributed by atoms with Crippen molar-refractivity contribution in [2.75, 3.05) is 6.61 Å². The normalized spacial score (nSPS) is 21.0. The molecule has 0 spiro atoms. The van der Waals surface area contributed by atoms with E-state index in [1.807, 2.05) is 18.2 Å². The molecule has 0 aliphatic carbocycles. The third-order valence-corrected chi connectivity index (χ3v) is 4.29. The van der Waals surface area contributed by atoms with E-state index in [-0.39, 0.29) is 17.6 Å². The predicted octanol–water partition coefficient (Wildman–Crippen LogP) is 4.08. The van der Waals surface area contributed by atoms with Crippen LogP contribution in [0, 0.1) is 5.92 Å². The van der Waals surface area contributed by atoms with Crippen LogP contribution in [0.2, 0.25) is 0 Å². The molecule has 2 aromatic carbocycles. The van der Waals surface area contributed by atoms with E-state index in [9.17, 15) is 9.90 Å². The van der Waals surface area contributed by atoms with E-state index in [2.05, 4.69) is 13.8 Å². The molecule has 1 aliphatic heterocycles. The van der Waals surface area contributed by atoms with Gasteiger partial charge >= 0.3 is 0 Å². The summed E-state index contributed by atoms with van der Waals surface area (Å²) in [6, 6.07) is 13.9. The van der Waals surface area contributed by atoms with Crippen LogP contribution < -0.4 is 0 Å². The molecule has 1 aliphatic rings. The third kappa shape index (κ3) is 3.50. The fraction of sp³-hybridized carbons (Fsp3) is 0.350. The minimum Gasteiger partial charge on any atom is -0.507 e. The molecule has 0 amide bonds. The fourth-order valence-corrected chi connectivity index (χ4v) is 2.85. The number of ether oxygens (including phenoxy) is 2. The molecular formula is C20H22O4. The summed E-state index contributed by atoms with van der Waals surface area (Å²) in [5, 5.41) is 10.2. The Morgan fingerprint density at radius 1 is 1.12 bits per heavy atom. The Morgan fingerprint density at radius 2 is 1.88 bits per heavy atom. The number of phenols is 1. The number of rotatable bonds is 4. The predicted molar refractivity (Wildman–Crippen MR) is 91.0 cm³/mol. The van der Waals surface area contributed by atoms with Gasteiger partial charge < -0.3 is 14.6 Å². The van der Waals surface area contributed by atoms with Crippen molar-refractivity contribution in [3.8, 4) is 5.75 Å². The Morgan fingerprint density at radius 3 is 2.58 bits per heavy atom. The van der Waals surface area contributed by atoms with Gasteiger partial charge in [-0.2, -0.15) is 0 Å². The van der Waals surface area contributed by atoms with Crippen LogP contribution in [0.25, 0.3) is 0 Å². The maximum Gasteiger partial charge on any atom is 0.193 e. The Bertz CT molecular complexity index is 709. The maximum absolute atomic E-state index is 12.6. The number of hydrogen-bond acceptors (Lipinski definition) is 4. The first kappa shape index (κ1) is 16.7. The minimum absolute atomic E-state index is 0.0778. The van der Waals surface area contributed by atoms with E-state index in [4.69, 9.17) is 9.47 Å². The van der Waals surface area contributed by atoms with E-state index >= 15 is 0 Å². The Kier molecular flexibility index (Phi) is 4.97. The zero-order valence-corrected chi connectivity index (χ0v) is 13.9. The van der Waals surface area contributed by atoms with Crippen molar-refractivity contribution in [3.63, 3.8) is 0 Å². The fourth-order valence-electron chi connectivity index (χ4n) is 2.85. The summed E-state index contributed by atoms with van der Waals surface area (Å²) in [5.41, 5.74) is 1.62. The average molecular weight is 326 g/mol. The lowest BCUT2D eigenvalue weighted by Crippen LogP contribution is -2.30. The van der Waals surface area contributed by atoms with E-state index in [1.54, 1.807) is 24.3 Å². The lowest BCUT2D eigenvalue weighted by atomic mass is 9.99. The van der Waals surface area contributed by atoms with Crippen LogP contribution in [-0.2, 0) is 9.47 Å². The smallest absolute Gasteiger partial charge is 0.193 e. The third-order valence-electron chi connectivity index (χ3n) is 4.29. The Labute approximate surface area is 142 Å². The molecule has 2 aromatic rings. The van der Waals surface area contributed by atoms with Crippen LogP contribution in [0.4, 0.5) is 0 Å². The lowest BCUT2D eigenvalue weighted by Gasteiger charge is -2.33. The second-order valence-electron chi connectivity index (χ2n) is 6.38. The van der Waals surface area contributed by atoms with Gasteiger partial charge in [-0.25, -0.2) is 0 Å². The summed E-state index contributed by atoms with van der Waals surface area (Å²) in [6.07, 6.45) is 0.267. The van der Waals surface area contributed by atoms with Gasteiger partial charge in [0.25, 0.3) is 0 Å². The van der Waals surface area contributed by atoms with Crippen molar-refractivity contribution >= 4 is 5.78 Å². The molecule has 1 fully saturated rings. The summed E-state index contributed by atoms with van der Waals surface area (Å²) >= 11 is 0. The van der Waals surface area contributed by atoms with Crippen LogP contribution in [0.3, 0.4) is 0 Å². The van der Waals surface area contributed by atoms with Gasteiger partial charge in [0.1, 0.15) is 5.75 Å². The zero-order chi connectivity index (χ0) is 17.1. The second kappa shape index (κ2) is 7.16. The van der Waals surface area contributed by atoms with Gasteiger partial charge in [-0.15, -0.1) is 0 Å². The molecule has 0 aromatic heterocycles. The number of hydrogen-bond donors (Lipinski definition) is 1. The summed E-state index contributed by atoms with van der Waals surface area (Å²) < 4.78 is 11.6. The standard InChI is InChI=1S/C20H22O4/c1-13(2)18-10-11-23-20(24-18)16-12-15(8-9-17(16)21)19(22)14-6-4-3-5-7-14/h3-9,12-13,18,20-21H,10-11H2,1-2H3. The molecule has 24 heavy (non-hydrogen) atoms. The molecular weight excluding hydrogens is 304 g/mol. The number of aromatic hydroxyl groups is 1. The van der Waals surface area contributed by atoms with Crippen molar-refractivity contribution < 1.29 is 19.4 Å². The SMILES string of the molecule is CC(C)C1CCOC(c2cc(C(=O)c3ccccc3)ccc2O)O1. The van der Waals surface area contributed by atoms with Crippen molar-refractivity contribution in [2.45, 2.75) is 32.7 Å². The van der Waals surface area contributed by atoms with Gasteiger partial charge in [-0.3, -0.25) is 4.79 Å². The summed E-state index contributed by atoms with van der Waals surface area (Å²) in [7, 11) is 0. The molecule has 4 nitrogen and oxygen atoms in total. The first-order chi connectivity index (χ1) is 11.6. The van der Waals surface area contributed by atoms with Gasteiger partial charge in [0, 0.05) is 11.1 Å². The molecule has 126 valence electrons. The summed E-state index contributed by atoms with van der Waals surface area (Å²) in [5.74, 6) is 0.356. The molecule has 4 heteroatoms. The highest BCUT2D eigenvalue weighted by molar-refractivity contribution is 6.09. The van der Waals surface area contributed by atoms with Gasteiger partial charge in [0.15, 0.2) is 12.1 Å². The molecule has 1 heterocycles. The topological polar surface area (TPSA) is 55.8 Å². The molecule has 3 rings (SSSR count). The summed E-state index contributed by atoms with van der Waals surface area (Å²) in [6.45, 7) is 4.77. The average Bonchev–Trinajstić information content (AvgIpc) is 2.62. The van der Waals surface area contributed by atoms with E-state index < -0.39 is 6.29 Å². The second-order valence-corrected chi connectivity index (χ2v) is 6.38. The first-order valence-electron chi connectivity index (χ1n) is 8.26. The molecule has 1 N–H and O–H groups in total. The highest BCUT2D eigenvalue weighted by Gasteiger charge is 2.28. The van der Waals surface area contributed by atoms with Crippen molar-refractivity contribution in [1.29, 1.82) is 0 Å². The molecule has 1 saturated heterocycles. The molecule has 2 unspecified atom stereocenters. The van der Waals surface area contributed by atoms with E-state index in [1.165, 1.54) is 6.07 Å². The van der Waals surface area contributed by atoms with Gasteiger partial charge in [0.05, 0.1) is 18.3 Å². The minimum atomic E-state index is -0.644. The largest absolute Gasteiger partial charge is 0.507 e. The van der Waals surface area contributed by atoms with Gasteiger partial charge in [0.2, 0.25) is 0 Å². The Hall–Kier alpha value is -2.17. The number of phenolic OH excluding ortho intramolecular Hbond substituents is 1. The Balaban J connectivity index is 1.88. The van der Waals surface area contributed by atoms with Gasteiger partial charge in [-0.1, -0.05) is 44.2 Å².